The molecule has 0 aromatic heterocycles. The van der Waals surface area contributed by atoms with E-state index in [4.69, 9.17) is 5.11 Å². The van der Waals surface area contributed by atoms with E-state index in [-0.39, 0.29) is 5.41 Å². The van der Waals surface area contributed by atoms with Gasteiger partial charge in [0, 0.05) is 6.08 Å². The number of carboxylic acid groups (broad SMARTS) is 1. The topological polar surface area (TPSA) is 37.3 Å². The van der Waals surface area contributed by atoms with Crippen molar-refractivity contribution in [3.8, 4) is 0 Å². The third kappa shape index (κ3) is 10.5. The van der Waals surface area contributed by atoms with Gasteiger partial charge in [-0.1, -0.05) is 69.8 Å². The van der Waals surface area contributed by atoms with Crippen LogP contribution in [0.15, 0.2) is 49.1 Å². The van der Waals surface area contributed by atoms with Gasteiger partial charge in [0.05, 0.1) is 0 Å². The van der Waals surface area contributed by atoms with E-state index in [0.29, 0.717) is 0 Å². The monoisotopic (exact) mass is 232 g/mol. The summed E-state index contributed by atoms with van der Waals surface area (Å²) in [5, 5.41) is 8.19. The van der Waals surface area contributed by atoms with Crippen molar-refractivity contribution in [2.75, 3.05) is 0 Å². The van der Waals surface area contributed by atoms with E-state index in [1.165, 1.54) is 11.6 Å². The second-order valence-electron chi connectivity index (χ2n) is 4.65. The molecule has 0 aliphatic carbocycles. The van der Waals surface area contributed by atoms with Crippen molar-refractivity contribution in [3.05, 3.63) is 54.6 Å². The highest BCUT2D eigenvalue weighted by Crippen LogP contribution is 2.13. The number of hydrogen-bond acceptors (Lipinski definition) is 1. The first-order chi connectivity index (χ1) is 7.85. The maximum atomic E-state index is 9.96. The predicted molar refractivity (Wildman–Crippen MR) is 72.8 cm³/mol. The Morgan fingerprint density at radius 2 is 1.76 bits per heavy atom. The Bertz CT molecular complexity index is 370. The first-order valence-electron chi connectivity index (χ1n) is 5.45. The van der Waals surface area contributed by atoms with Crippen LogP contribution >= 0.6 is 0 Å². The Morgan fingerprint density at radius 3 is 2.00 bits per heavy atom. The number of rotatable bonds is 2. The highest BCUT2D eigenvalue weighted by atomic mass is 16.4. The van der Waals surface area contributed by atoms with Crippen LogP contribution in [0.3, 0.4) is 0 Å². The standard InChI is InChI=1S/C8H8.C7H12O2/c1-2-8-6-4-3-5-7-8;1-7(2,3)5-4-6(8)9/h2-7H,1H2;4-5H,1-3H3,(H,8,9). The van der Waals surface area contributed by atoms with Crippen molar-refractivity contribution < 1.29 is 9.90 Å². The second-order valence-corrected chi connectivity index (χ2v) is 4.65. The number of carboxylic acids is 1. The maximum absolute atomic E-state index is 9.96. The first kappa shape index (κ1) is 15.2. The van der Waals surface area contributed by atoms with E-state index in [1.807, 2.05) is 57.2 Å². The minimum absolute atomic E-state index is 0.0294. The van der Waals surface area contributed by atoms with Gasteiger partial charge in [-0.05, 0) is 11.0 Å². The Morgan fingerprint density at radius 1 is 1.24 bits per heavy atom. The molecule has 1 aromatic rings. The van der Waals surface area contributed by atoms with E-state index >= 15 is 0 Å². The second kappa shape index (κ2) is 7.44. The van der Waals surface area contributed by atoms with Crippen LogP contribution < -0.4 is 0 Å². The van der Waals surface area contributed by atoms with Crippen LogP contribution in [-0.2, 0) is 4.79 Å². The fourth-order valence-corrected chi connectivity index (χ4v) is 0.910. The fourth-order valence-electron chi connectivity index (χ4n) is 0.910. The summed E-state index contributed by atoms with van der Waals surface area (Å²) < 4.78 is 0. The van der Waals surface area contributed by atoms with Gasteiger partial charge in [-0.15, -0.1) is 0 Å². The molecule has 0 bridgehead atoms. The Kier molecular flexibility index (Phi) is 6.64. The van der Waals surface area contributed by atoms with Crippen molar-refractivity contribution in [3.63, 3.8) is 0 Å². The summed E-state index contributed by atoms with van der Waals surface area (Å²) in [6.07, 6.45) is 4.66. The molecule has 0 unspecified atom stereocenters. The minimum Gasteiger partial charge on any atom is -0.478 e. The van der Waals surface area contributed by atoms with E-state index in [2.05, 4.69) is 6.58 Å². The zero-order chi connectivity index (χ0) is 13.3. The van der Waals surface area contributed by atoms with Crippen molar-refractivity contribution in [2.24, 2.45) is 5.41 Å². The van der Waals surface area contributed by atoms with Crippen LogP contribution in [0.4, 0.5) is 0 Å². The molecule has 0 saturated carbocycles. The van der Waals surface area contributed by atoms with Crippen LogP contribution in [-0.4, -0.2) is 11.1 Å². The van der Waals surface area contributed by atoms with Crippen molar-refractivity contribution in [2.45, 2.75) is 20.8 Å². The quantitative estimate of drug-likeness (QED) is 0.782. The maximum Gasteiger partial charge on any atom is 0.327 e. The summed E-state index contributed by atoms with van der Waals surface area (Å²) in [4.78, 5) is 9.96. The van der Waals surface area contributed by atoms with Gasteiger partial charge in [-0.3, -0.25) is 0 Å². The molecule has 0 heterocycles. The molecule has 1 rings (SSSR count). The highest BCUT2D eigenvalue weighted by Gasteiger charge is 2.03. The third-order valence-electron chi connectivity index (χ3n) is 1.76. The lowest BCUT2D eigenvalue weighted by atomic mass is 9.96. The summed E-state index contributed by atoms with van der Waals surface area (Å²) in [7, 11) is 0. The minimum atomic E-state index is -0.884. The summed E-state index contributed by atoms with van der Waals surface area (Å²) in [6, 6.07) is 10.0. The van der Waals surface area contributed by atoms with Crippen molar-refractivity contribution in [1.29, 1.82) is 0 Å². The van der Waals surface area contributed by atoms with Crippen LogP contribution in [0.1, 0.15) is 26.3 Å². The van der Waals surface area contributed by atoms with Gasteiger partial charge in [0.1, 0.15) is 0 Å². The summed E-state index contributed by atoms with van der Waals surface area (Å²) in [6.45, 7) is 9.48. The van der Waals surface area contributed by atoms with Gasteiger partial charge in [0.2, 0.25) is 0 Å². The summed E-state index contributed by atoms with van der Waals surface area (Å²) in [5.41, 5.74) is 1.14. The van der Waals surface area contributed by atoms with E-state index < -0.39 is 5.97 Å². The smallest absolute Gasteiger partial charge is 0.327 e. The fraction of sp³-hybridized carbons (Fsp3) is 0.267. The van der Waals surface area contributed by atoms with Gasteiger partial charge < -0.3 is 5.11 Å². The SMILES string of the molecule is C=Cc1ccccc1.CC(C)(C)C=CC(=O)O. The van der Waals surface area contributed by atoms with Gasteiger partial charge in [0.25, 0.3) is 0 Å². The molecule has 0 saturated heterocycles. The average molecular weight is 232 g/mol. The van der Waals surface area contributed by atoms with Crippen LogP contribution in [0.5, 0.6) is 0 Å². The van der Waals surface area contributed by atoms with Gasteiger partial charge in [0.15, 0.2) is 0 Å². The zero-order valence-corrected chi connectivity index (χ0v) is 10.7. The lowest BCUT2D eigenvalue weighted by molar-refractivity contribution is -0.131. The molecular formula is C15H20O2. The van der Waals surface area contributed by atoms with E-state index in [0.717, 1.165) is 0 Å². The van der Waals surface area contributed by atoms with E-state index in [9.17, 15) is 4.79 Å². The first-order valence-corrected chi connectivity index (χ1v) is 5.45. The van der Waals surface area contributed by atoms with Gasteiger partial charge in [-0.25, -0.2) is 4.79 Å². The highest BCUT2D eigenvalue weighted by molar-refractivity contribution is 5.79. The molecular weight excluding hydrogens is 212 g/mol. The third-order valence-corrected chi connectivity index (χ3v) is 1.76. The molecule has 0 fully saturated rings. The van der Waals surface area contributed by atoms with Gasteiger partial charge in [-0.2, -0.15) is 0 Å². The van der Waals surface area contributed by atoms with Crippen LogP contribution in [0.2, 0.25) is 0 Å². The molecule has 1 N–H and O–H groups in total. The molecule has 0 amide bonds. The molecule has 0 aliphatic heterocycles. The van der Waals surface area contributed by atoms with Crippen LogP contribution in [0.25, 0.3) is 6.08 Å². The molecule has 0 atom stereocenters. The lowest BCUT2D eigenvalue weighted by Gasteiger charge is -2.09. The molecule has 2 heteroatoms. The summed E-state index contributed by atoms with van der Waals surface area (Å²) >= 11 is 0. The molecule has 0 spiro atoms. The van der Waals surface area contributed by atoms with Crippen LogP contribution in [0, 0.1) is 5.41 Å². The molecule has 17 heavy (non-hydrogen) atoms. The number of carbonyl (C=O) groups is 1. The molecule has 0 radical (unpaired) electrons. The van der Waals surface area contributed by atoms with Gasteiger partial charge >= 0.3 is 5.97 Å². The molecule has 2 nitrogen and oxygen atoms in total. The number of benzene rings is 1. The molecule has 0 aliphatic rings. The number of allylic oxidation sites excluding steroid dienone is 1. The largest absolute Gasteiger partial charge is 0.478 e. The number of hydrogen-bond donors (Lipinski definition) is 1. The Hall–Kier alpha value is -1.83. The Balaban J connectivity index is 0.000000302. The normalized spacial score (nSPS) is 10.5. The molecule has 1 aromatic carbocycles. The molecule has 92 valence electrons. The number of aliphatic carboxylic acids is 1. The zero-order valence-electron chi connectivity index (χ0n) is 10.7. The Labute approximate surface area is 103 Å². The van der Waals surface area contributed by atoms with Crippen molar-refractivity contribution >= 4 is 12.0 Å². The summed E-state index contributed by atoms with van der Waals surface area (Å²) in [5.74, 6) is -0.884. The average Bonchev–Trinajstić information content (AvgIpc) is 2.27. The predicted octanol–water partition coefficient (Wildman–Crippen LogP) is 4.00. The van der Waals surface area contributed by atoms with E-state index in [1.54, 1.807) is 6.08 Å². The lowest BCUT2D eigenvalue weighted by Crippen LogP contribution is -2.00. The van der Waals surface area contributed by atoms with Crippen molar-refractivity contribution in [1.82, 2.24) is 0 Å².